The second-order valence-electron chi connectivity index (χ2n) is 6.45. The fraction of sp³-hybridized carbons (Fsp3) is 0.190. The lowest BCUT2D eigenvalue weighted by Gasteiger charge is -2.19. The van der Waals surface area contributed by atoms with Crippen molar-refractivity contribution < 1.29 is 27.8 Å². The van der Waals surface area contributed by atoms with E-state index in [0.29, 0.717) is 30.4 Å². The number of carbonyl (C=O) groups is 1. The number of ether oxygens (including phenoxy) is 3. The molecule has 0 radical (unpaired) electrons. The number of anilines is 1. The van der Waals surface area contributed by atoms with E-state index in [0.717, 1.165) is 22.9 Å². The zero-order valence-electron chi connectivity index (χ0n) is 16.4. The molecule has 0 unspecified atom stereocenters. The van der Waals surface area contributed by atoms with Crippen molar-refractivity contribution in [2.24, 2.45) is 0 Å². The van der Waals surface area contributed by atoms with Crippen LogP contribution in [0.2, 0.25) is 0 Å². The molecule has 0 spiro atoms. The Morgan fingerprint density at radius 1 is 1.10 bits per heavy atom. The van der Waals surface area contributed by atoms with Crippen LogP contribution in [0, 0.1) is 11.6 Å². The van der Waals surface area contributed by atoms with Crippen LogP contribution in [-0.4, -0.2) is 35.5 Å². The minimum Gasteiger partial charge on any atom is -0.486 e. The molecular formula is C21H17F2N3O5. The molecule has 0 bridgehead atoms. The van der Waals surface area contributed by atoms with Crippen molar-refractivity contribution in [2.45, 2.75) is 6.92 Å². The van der Waals surface area contributed by atoms with E-state index in [-0.39, 0.29) is 18.2 Å². The summed E-state index contributed by atoms with van der Waals surface area (Å²) in [5.74, 6) is -1.95. The van der Waals surface area contributed by atoms with Crippen molar-refractivity contribution in [1.82, 2.24) is 9.78 Å². The van der Waals surface area contributed by atoms with Gasteiger partial charge in [0.1, 0.15) is 13.2 Å². The zero-order chi connectivity index (χ0) is 22.0. The van der Waals surface area contributed by atoms with Crippen LogP contribution in [0.5, 0.6) is 17.4 Å². The lowest BCUT2D eigenvalue weighted by Crippen LogP contribution is -2.27. The molecule has 4 rings (SSSR count). The lowest BCUT2D eigenvalue weighted by atomic mass is 10.2. The summed E-state index contributed by atoms with van der Waals surface area (Å²) >= 11 is 0. The quantitative estimate of drug-likeness (QED) is 0.671. The predicted octanol–water partition coefficient (Wildman–Crippen LogP) is 2.93. The lowest BCUT2D eigenvalue weighted by molar-refractivity contribution is 0.101. The molecule has 0 saturated heterocycles. The third kappa shape index (κ3) is 4.18. The molecule has 1 aliphatic rings. The zero-order valence-corrected chi connectivity index (χ0v) is 16.4. The van der Waals surface area contributed by atoms with E-state index in [1.54, 1.807) is 25.1 Å². The van der Waals surface area contributed by atoms with Gasteiger partial charge in [-0.1, -0.05) is 0 Å². The average Bonchev–Trinajstić information content (AvgIpc) is 2.76. The van der Waals surface area contributed by atoms with Crippen LogP contribution in [-0.2, 0) is 0 Å². The van der Waals surface area contributed by atoms with Crippen LogP contribution >= 0.6 is 0 Å². The van der Waals surface area contributed by atoms with Gasteiger partial charge in [0.2, 0.25) is 11.3 Å². The molecule has 0 aliphatic carbocycles. The van der Waals surface area contributed by atoms with Gasteiger partial charge >= 0.3 is 0 Å². The van der Waals surface area contributed by atoms with E-state index in [4.69, 9.17) is 14.2 Å². The molecule has 2 aromatic carbocycles. The van der Waals surface area contributed by atoms with Gasteiger partial charge in [-0.25, -0.2) is 13.5 Å². The molecule has 1 amide bonds. The van der Waals surface area contributed by atoms with Crippen LogP contribution in [0.4, 0.5) is 14.5 Å². The van der Waals surface area contributed by atoms with Crippen LogP contribution in [0.3, 0.4) is 0 Å². The summed E-state index contributed by atoms with van der Waals surface area (Å²) in [6.45, 7) is 2.68. The van der Waals surface area contributed by atoms with E-state index in [1.165, 1.54) is 6.07 Å². The van der Waals surface area contributed by atoms with Gasteiger partial charge in [-0.3, -0.25) is 9.59 Å². The molecule has 2 heterocycles. The highest BCUT2D eigenvalue weighted by Crippen LogP contribution is 2.32. The molecule has 160 valence electrons. The van der Waals surface area contributed by atoms with E-state index in [2.05, 4.69) is 10.4 Å². The van der Waals surface area contributed by atoms with E-state index < -0.39 is 28.7 Å². The van der Waals surface area contributed by atoms with Crippen LogP contribution < -0.4 is 25.0 Å². The summed E-state index contributed by atoms with van der Waals surface area (Å²) in [7, 11) is 0. The van der Waals surface area contributed by atoms with Crippen LogP contribution in [0.15, 0.2) is 47.3 Å². The second kappa shape index (κ2) is 8.42. The van der Waals surface area contributed by atoms with Gasteiger partial charge in [0.15, 0.2) is 28.8 Å². The number of nitrogens with one attached hydrogen (secondary N) is 1. The van der Waals surface area contributed by atoms with E-state index in [1.807, 2.05) is 0 Å². The van der Waals surface area contributed by atoms with Crippen LogP contribution in [0.25, 0.3) is 5.69 Å². The molecular weight excluding hydrogens is 412 g/mol. The van der Waals surface area contributed by atoms with Crippen LogP contribution in [0.1, 0.15) is 17.4 Å². The minimum absolute atomic E-state index is 0.0191. The third-order valence-electron chi connectivity index (χ3n) is 4.35. The molecule has 0 atom stereocenters. The first kappa shape index (κ1) is 20.3. The van der Waals surface area contributed by atoms with Gasteiger partial charge in [-0.15, -0.1) is 0 Å². The molecule has 0 saturated carbocycles. The molecule has 1 aliphatic heterocycles. The molecule has 1 N–H and O–H groups in total. The monoisotopic (exact) mass is 429 g/mol. The van der Waals surface area contributed by atoms with Crippen molar-refractivity contribution in [3.05, 3.63) is 70.0 Å². The summed E-state index contributed by atoms with van der Waals surface area (Å²) < 4.78 is 44.4. The maximum atomic E-state index is 13.7. The Labute approximate surface area is 175 Å². The number of rotatable bonds is 5. The summed E-state index contributed by atoms with van der Waals surface area (Å²) in [6.07, 6.45) is 0. The first-order valence-corrected chi connectivity index (χ1v) is 9.40. The van der Waals surface area contributed by atoms with Crippen molar-refractivity contribution in [2.75, 3.05) is 25.1 Å². The van der Waals surface area contributed by atoms with E-state index >= 15 is 0 Å². The number of amides is 1. The van der Waals surface area contributed by atoms with Gasteiger partial charge in [0.25, 0.3) is 5.91 Å². The Morgan fingerprint density at radius 2 is 1.87 bits per heavy atom. The minimum atomic E-state index is -1.11. The first-order valence-electron chi connectivity index (χ1n) is 9.40. The van der Waals surface area contributed by atoms with Gasteiger partial charge in [0, 0.05) is 17.8 Å². The van der Waals surface area contributed by atoms with Crippen molar-refractivity contribution in [3.63, 3.8) is 0 Å². The largest absolute Gasteiger partial charge is 0.486 e. The highest BCUT2D eigenvalue weighted by molar-refractivity contribution is 6.02. The van der Waals surface area contributed by atoms with Gasteiger partial charge < -0.3 is 19.5 Å². The predicted molar refractivity (Wildman–Crippen MR) is 106 cm³/mol. The van der Waals surface area contributed by atoms with Crippen molar-refractivity contribution in [3.8, 4) is 23.1 Å². The summed E-state index contributed by atoms with van der Waals surface area (Å²) in [6, 6.07) is 8.91. The Hall–Kier alpha value is -3.95. The normalized spacial score (nSPS) is 12.4. The Bertz CT molecular complexity index is 1210. The first-order chi connectivity index (χ1) is 15.0. The number of halogens is 2. The van der Waals surface area contributed by atoms with Gasteiger partial charge in [0.05, 0.1) is 18.4 Å². The highest BCUT2D eigenvalue weighted by Gasteiger charge is 2.20. The van der Waals surface area contributed by atoms with Gasteiger partial charge in [-0.2, -0.15) is 5.10 Å². The Balaban J connectivity index is 1.69. The molecule has 31 heavy (non-hydrogen) atoms. The number of fused-ring (bicyclic) bond motifs is 1. The maximum Gasteiger partial charge on any atom is 0.280 e. The fourth-order valence-electron chi connectivity index (χ4n) is 2.96. The molecule has 0 fully saturated rings. The standard InChI is InChI=1S/C21H17F2N3O5/c1-2-29-19-11-16(27)20(25-26(19)13-4-5-14(22)15(23)10-13)21(28)24-12-3-6-17-18(9-12)31-8-7-30-17/h3-6,9-11H,2,7-8H2,1H3,(H,24,28). The van der Waals surface area contributed by atoms with Gasteiger partial charge in [-0.05, 0) is 31.2 Å². The number of hydrogen-bond acceptors (Lipinski definition) is 6. The Kier molecular flexibility index (Phi) is 5.52. The van der Waals surface area contributed by atoms with Crippen molar-refractivity contribution >= 4 is 11.6 Å². The number of hydrogen-bond donors (Lipinski definition) is 1. The average molecular weight is 429 g/mol. The number of carbonyl (C=O) groups excluding carboxylic acids is 1. The number of nitrogens with zero attached hydrogens (tertiary/aromatic N) is 2. The topological polar surface area (TPSA) is 91.7 Å². The van der Waals surface area contributed by atoms with E-state index in [9.17, 15) is 18.4 Å². The Morgan fingerprint density at radius 3 is 2.61 bits per heavy atom. The molecule has 1 aromatic heterocycles. The number of benzene rings is 2. The SMILES string of the molecule is CCOc1cc(=O)c(C(=O)Nc2ccc3c(c2)OCCO3)nn1-c1ccc(F)c(F)c1. The highest BCUT2D eigenvalue weighted by atomic mass is 19.2. The number of aromatic nitrogens is 2. The third-order valence-corrected chi connectivity index (χ3v) is 4.35. The summed E-state index contributed by atoms with van der Waals surface area (Å²) in [5, 5.41) is 6.61. The molecule has 8 nitrogen and oxygen atoms in total. The smallest absolute Gasteiger partial charge is 0.280 e. The second-order valence-corrected chi connectivity index (χ2v) is 6.45. The fourth-order valence-corrected chi connectivity index (χ4v) is 2.96. The summed E-state index contributed by atoms with van der Waals surface area (Å²) in [4.78, 5) is 25.2. The maximum absolute atomic E-state index is 13.7. The summed E-state index contributed by atoms with van der Waals surface area (Å²) in [5.41, 5.74) is -0.708. The molecule has 3 aromatic rings. The van der Waals surface area contributed by atoms with Crippen molar-refractivity contribution in [1.29, 1.82) is 0 Å². The molecule has 10 heteroatoms.